The van der Waals surface area contributed by atoms with Gasteiger partial charge in [-0.1, -0.05) is 15.9 Å². The monoisotopic (exact) mass is 385 g/mol. The lowest BCUT2D eigenvalue weighted by atomic mass is 10.1. The van der Waals surface area contributed by atoms with Crippen molar-refractivity contribution in [3.05, 3.63) is 44.7 Å². The summed E-state index contributed by atoms with van der Waals surface area (Å²) in [4.78, 5) is 24.1. The molecule has 1 atom stereocenters. The number of carbonyl (C=O) groups excluding carboxylic acids is 1. The fraction of sp³-hybridized carbons (Fsp3) is 0.286. The third-order valence-electron chi connectivity index (χ3n) is 3.51. The van der Waals surface area contributed by atoms with E-state index in [0.717, 1.165) is 4.47 Å². The lowest BCUT2D eigenvalue weighted by molar-refractivity contribution is 0.0937. The van der Waals surface area contributed by atoms with Crippen molar-refractivity contribution < 1.29 is 17.6 Å². The highest BCUT2D eigenvalue weighted by molar-refractivity contribution is 9.10. The van der Waals surface area contributed by atoms with Crippen LogP contribution in [0.2, 0.25) is 0 Å². The second kappa shape index (κ2) is 5.51. The van der Waals surface area contributed by atoms with Gasteiger partial charge < -0.3 is 9.73 Å². The van der Waals surface area contributed by atoms with Crippen LogP contribution in [0.4, 0.5) is 0 Å². The van der Waals surface area contributed by atoms with Crippen LogP contribution in [0.15, 0.2) is 37.9 Å². The van der Waals surface area contributed by atoms with E-state index in [4.69, 9.17) is 4.42 Å². The number of fused-ring (bicyclic) bond motifs is 1. The molecule has 1 amide bonds. The van der Waals surface area contributed by atoms with Crippen LogP contribution < -0.4 is 10.9 Å². The first-order chi connectivity index (χ1) is 10.3. The van der Waals surface area contributed by atoms with E-state index in [9.17, 15) is 18.0 Å². The first-order valence-corrected chi connectivity index (χ1v) is 9.20. The summed E-state index contributed by atoms with van der Waals surface area (Å²) < 4.78 is 28.7. The summed E-state index contributed by atoms with van der Waals surface area (Å²) in [6.45, 7) is 0. The van der Waals surface area contributed by atoms with E-state index in [1.807, 2.05) is 0 Å². The van der Waals surface area contributed by atoms with Gasteiger partial charge in [0.05, 0.1) is 11.5 Å². The molecule has 8 heteroatoms. The second-order valence-corrected chi connectivity index (χ2v) is 8.35. The molecule has 1 aliphatic rings. The van der Waals surface area contributed by atoms with Crippen LogP contribution >= 0.6 is 15.9 Å². The van der Waals surface area contributed by atoms with Gasteiger partial charge in [0.25, 0.3) is 5.91 Å². The molecule has 1 fully saturated rings. The summed E-state index contributed by atoms with van der Waals surface area (Å²) in [5.41, 5.74) is -0.490. The van der Waals surface area contributed by atoms with E-state index < -0.39 is 27.4 Å². The highest BCUT2D eigenvalue weighted by Crippen LogP contribution is 2.19. The largest absolute Gasteiger partial charge is 0.422 e. The Bertz CT molecular complexity index is 918. The zero-order valence-corrected chi connectivity index (χ0v) is 13.7. The van der Waals surface area contributed by atoms with Gasteiger partial charge in [0.15, 0.2) is 9.84 Å². The third kappa shape index (κ3) is 3.07. The average molecular weight is 386 g/mol. The number of sulfone groups is 1. The van der Waals surface area contributed by atoms with Gasteiger partial charge in [0.2, 0.25) is 0 Å². The Morgan fingerprint density at radius 2 is 2.09 bits per heavy atom. The van der Waals surface area contributed by atoms with Gasteiger partial charge in [0.1, 0.15) is 11.1 Å². The number of halogens is 1. The van der Waals surface area contributed by atoms with Crippen molar-refractivity contribution in [3.8, 4) is 0 Å². The Morgan fingerprint density at radius 3 is 2.77 bits per heavy atom. The maximum atomic E-state index is 12.2. The molecule has 0 bridgehead atoms. The Kier molecular flexibility index (Phi) is 3.82. The van der Waals surface area contributed by atoms with Crippen LogP contribution in [-0.4, -0.2) is 31.9 Å². The molecule has 6 nitrogen and oxygen atoms in total. The SMILES string of the molecule is O=C(NC1CCS(=O)(=O)C1)c1cc2cc(Br)ccc2oc1=O. The van der Waals surface area contributed by atoms with Gasteiger partial charge in [-0.25, -0.2) is 13.2 Å². The molecule has 1 N–H and O–H groups in total. The molecular weight excluding hydrogens is 374 g/mol. The normalized spacial score (nSPS) is 20.1. The number of benzene rings is 1. The molecule has 3 rings (SSSR count). The van der Waals surface area contributed by atoms with Crippen molar-refractivity contribution in [2.75, 3.05) is 11.5 Å². The van der Waals surface area contributed by atoms with Crippen LogP contribution in [-0.2, 0) is 9.84 Å². The molecule has 1 aliphatic heterocycles. The van der Waals surface area contributed by atoms with Gasteiger partial charge in [0, 0.05) is 15.9 Å². The summed E-state index contributed by atoms with van der Waals surface area (Å²) in [5, 5.41) is 3.19. The van der Waals surface area contributed by atoms with Gasteiger partial charge in [-0.15, -0.1) is 0 Å². The molecule has 1 unspecified atom stereocenters. The lowest BCUT2D eigenvalue weighted by Gasteiger charge is -2.10. The Morgan fingerprint density at radius 1 is 1.32 bits per heavy atom. The zero-order chi connectivity index (χ0) is 15.9. The van der Waals surface area contributed by atoms with E-state index in [1.54, 1.807) is 18.2 Å². The fourth-order valence-corrected chi connectivity index (χ4v) is 4.48. The van der Waals surface area contributed by atoms with Gasteiger partial charge in [-0.2, -0.15) is 0 Å². The Labute approximate surface area is 134 Å². The molecule has 116 valence electrons. The fourth-order valence-electron chi connectivity index (χ4n) is 2.42. The van der Waals surface area contributed by atoms with Crippen LogP contribution in [0.3, 0.4) is 0 Å². The molecular formula is C14H12BrNO5S. The number of carbonyl (C=O) groups is 1. The number of amides is 1. The maximum absolute atomic E-state index is 12.2. The van der Waals surface area contributed by atoms with E-state index in [2.05, 4.69) is 21.2 Å². The molecule has 2 heterocycles. The van der Waals surface area contributed by atoms with Gasteiger partial charge in [-0.3, -0.25) is 4.79 Å². The van der Waals surface area contributed by atoms with Crippen molar-refractivity contribution >= 4 is 42.6 Å². The predicted octanol–water partition coefficient (Wildman–Crippen LogP) is 1.47. The molecule has 0 radical (unpaired) electrons. The van der Waals surface area contributed by atoms with E-state index in [-0.39, 0.29) is 17.1 Å². The van der Waals surface area contributed by atoms with E-state index in [1.165, 1.54) is 6.07 Å². The molecule has 0 saturated carbocycles. The Balaban J connectivity index is 1.90. The van der Waals surface area contributed by atoms with Gasteiger partial charge >= 0.3 is 5.63 Å². The third-order valence-corrected chi connectivity index (χ3v) is 5.77. The zero-order valence-electron chi connectivity index (χ0n) is 11.3. The molecule has 0 aliphatic carbocycles. The predicted molar refractivity (Wildman–Crippen MR) is 84.7 cm³/mol. The summed E-state index contributed by atoms with van der Waals surface area (Å²) in [7, 11) is -3.10. The molecule has 1 aromatic heterocycles. The van der Waals surface area contributed by atoms with Crippen molar-refractivity contribution in [2.45, 2.75) is 12.5 Å². The van der Waals surface area contributed by atoms with Crippen LogP contribution in [0, 0.1) is 0 Å². The quantitative estimate of drug-likeness (QED) is 0.790. The summed E-state index contributed by atoms with van der Waals surface area (Å²) in [6.07, 6.45) is 0.360. The van der Waals surface area contributed by atoms with Gasteiger partial charge in [-0.05, 0) is 30.7 Å². The van der Waals surface area contributed by atoms with Crippen LogP contribution in [0.5, 0.6) is 0 Å². The molecule has 2 aromatic rings. The Hall–Kier alpha value is -1.67. The molecule has 1 saturated heterocycles. The van der Waals surface area contributed by atoms with Crippen molar-refractivity contribution in [1.82, 2.24) is 5.32 Å². The second-order valence-electron chi connectivity index (χ2n) is 5.20. The summed E-state index contributed by atoms with van der Waals surface area (Å²) in [5.74, 6) is -0.654. The summed E-state index contributed by atoms with van der Waals surface area (Å²) in [6, 6.07) is 6.08. The number of rotatable bonds is 2. The number of hydrogen-bond acceptors (Lipinski definition) is 5. The molecule has 1 aromatic carbocycles. The van der Waals surface area contributed by atoms with Crippen molar-refractivity contribution in [1.29, 1.82) is 0 Å². The smallest absolute Gasteiger partial charge is 0.349 e. The minimum absolute atomic E-state index is 0.0528. The lowest BCUT2D eigenvalue weighted by Crippen LogP contribution is -2.37. The van der Waals surface area contributed by atoms with Crippen molar-refractivity contribution in [2.24, 2.45) is 0 Å². The minimum Gasteiger partial charge on any atom is -0.422 e. The standard InChI is InChI=1S/C14H12BrNO5S/c15-9-1-2-12-8(5-9)6-11(14(18)21-12)13(17)16-10-3-4-22(19,20)7-10/h1-2,5-6,10H,3-4,7H2,(H,16,17). The number of hydrogen-bond donors (Lipinski definition) is 1. The highest BCUT2D eigenvalue weighted by Gasteiger charge is 2.29. The topological polar surface area (TPSA) is 93.4 Å². The van der Waals surface area contributed by atoms with Crippen LogP contribution in [0.25, 0.3) is 11.0 Å². The molecule has 22 heavy (non-hydrogen) atoms. The maximum Gasteiger partial charge on any atom is 0.349 e. The first kappa shape index (κ1) is 15.2. The number of nitrogens with one attached hydrogen (secondary N) is 1. The highest BCUT2D eigenvalue weighted by atomic mass is 79.9. The summed E-state index contributed by atoms with van der Waals surface area (Å²) >= 11 is 3.31. The molecule has 0 spiro atoms. The van der Waals surface area contributed by atoms with Crippen LogP contribution in [0.1, 0.15) is 16.8 Å². The minimum atomic E-state index is -3.10. The average Bonchev–Trinajstić information content (AvgIpc) is 2.77. The first-order valence-electron chi connectivity index (χ1n) is 6.59. The van der Waals surface area contributed by atoms with E-state index >= 15 is 0 Å². The van der Waals surface area contributed by atoms with Crippen molar-refractivity contribution in [3.63, 3.8) is 0 Å². The van der Waals surface area contributed by atoms with E-state index in [0.29, 0.717) is 17.4 Å².